The summed E-state index contributed by atoms with van der Waals surface area (Å²) in [6, 6.07) is 4.10. The van der Waals surface area contributed by atoms with Gasteiger partial charge in [-0.2, -0.15) is 0 Å². The van der Waals surface area contributed by atoms with Crippen molar-refractivity contribution in [3.05, 3.63) is 24.5 Å². The Morgan fingerprint density at radius 1 is 1.23 bits per heavy atom. The molecule has 0 bridgehead atoms. The van der Waals surface area contributed by atoms with Crippen molar-refractivity contribution >= 4 is 0 Å². The van der Waals surface area contributed by atoms with E-state index >= 15 is 0 Å². The monoisotopic (exact) mass is 182 g/mol. The fourth-order valence-electron chi connectivity index (χ4n) is 1.16. The predicted molar refractivity (Wildman–Crippen MR) is 53.8 cm³/mol. The molecule has 0 amide bonds. The second-order valence-electron chi connectivity index (χ2n) is 3.22. The van der Waals surface area contributed by atoms with E-state index in [1.165, 1.54) is 0 Å². The molecule has 0 aromatic carbocycles. The van der Waals surface area contributed by atoms with Gasteiger partial charge >= 0.3 is 0 Å². The molecular formula is C10H18N2O. The van der Waals surface area contributed by atoms with Crippen LogP contribution < -0.4 is 0 Å². The Morgan fingerprint density at radius 2 is 1.92 bits per heavy atom. The lowest BCUT2D eigenvalue weighted by molar-refractivity contribution is 0.159. The number of likely N-dealkylation sites (N-methyl/N-ethyl adjacent to an activating group) is 1. The van der Waals surface area contributed by atoms with Crippen molar-refractivity contribution in [3.8, 4) is 0 Å². The third-order valence-corrected chi connectivity index (χ3v) is 2.08. The van der Waals surface area contributed by atoms with Crippen LogP contribution in [0.4, 0.5) is 0 Å². The van der Waals surface area contributed by atoms with Crippen molar-refractivity contribution < 1.29 is 4.74 Å². The molecule has 0 unspecified atom stereocenters. The van der Waals surface area contributed by atoms with Crippen molar-refractivity contribution in [2.24, 2.45) is 0 Å². The summed E-state index contributed by atoms with van der Waals surface area (Å²) in [5.74, 6) is 0. The SMILES string of the molecule is COCCN(C)CCn1cccc1. The van der Waals surface area contributed by atoms with E-state index in [0.717, 1.165) is 26.2 Å². The van der Waals surface area contributed by atoms with Crippen LogP contribution in [0.1, 0.15) is 0 Å². The molecule has 1 aromatic heterocycles. The van der Waals surface area contributed by atoms with Crippen molar-refractivity contribution in [2.75, 3.05) is 33.9 Å². The lowest BCUT2D eigenvalue weighted by Gasteiger charge is -2.15. The first kappa shape index (κ1) is 10.3. The lowest BCUT2D eigenvalue weighted by Crippen LogP contribution is -2.26. The number of rotatable bonds is 6. The van der Waals surface area contributed by atoms with Gasteiger partial charge in [0.25, 0.3) is 0 Å². The van der Waals surface area contributed by atoms with Gasteiger partial charge in [0, 0.05) is 39.1 Å². The maximum Gasteiger partial charge on any atom is 0.0589 e. The van der Waals surface area contributed by atoms with Crippen molar-refractivity contribution in [1.29, 1.82) is 0 Å². The first-order valence-corrected chi connectivity index (χ1v) is 4.61. The minimum atomic E-state index is 0.808. The van der Waals surface area contributed by atoms with Crippen LogP contribution in [-0.4, -0.2) is 43.3 Å². The van der Waals surface area contributed by atoms with E-state index in [4.69, 9.17) is 4.74 Å². The molecule has 1 rings (SSSR count). The first-order chi connectivity index (χ1) is 6.33. The number of hydrogen-bond acceptors (Lipinski definition) is 2. The molecule has 1 aromatic rings. The minimum absolute atomic E-state index is 0.808. The molecular weight excluding hydrogens is 164 g/mol. The molecule has 0 aliphatic rings. The van der Waals surface area contributed by atoms with Crippen molar-refractivity contribution in [3.63, 3.8) is 0 Å². The Bertz CT molecular complexity index is 209. The van der Waals surface area contributed by atoms with E-state index in [1.54, 1.807) is 7.11 Å². The van der Waals surface area contributed by atoms with Crippen LogP contribution in [0.3, 0.4) is 0 Å². The highest BCUT2D eigenvalue weighted by Gasteiger charge is 1.96. The summed E-state index contributed by atoms with van der Waals surface area (Å²) in [7, 11) is 3.85. The van der Waals surface area contributed by atoms with Gasteiger partial charge in [0.1, 0.15) is 0 Å². The third kappa shape index (κ3) is 4.10. The average molecular weight is 182 g/mol. The van der Waals surface area contributed by atoms with Crippen LogP contribution in [-0.2, 0) is 11.3 Å². The van der Waals surface area contributed by atoms with Crippen molar-refractivity contribution in [2.45, 2.75) is 6.54 Å². The Balaban J connectivity index is 2.11. The number of ether oxygens (including phenoxy) is 1. The van der Waals surface area contributed by atoms with Crippen molar-refractivity contribution in [1.82, 2.24) is 9.47 Å². The van der Waals surface area contributed by atoms with E-state index in [1.807, 2.05) is 0 Å². The van der Waals surface area contributed by atoms with Gasteiger partial charge in [-0.3, -0.25) is 0 Å². The lowest BCUT2D eigenvalue weighted by atomic mass is 10.5. The number of nitrogens with zero attached hydrogens (tertiary/aromatic N) is 2. The van der Waals surface area contributed by atoms with Gasteiger partial charge in [0.2, 0.25) is 0 Å². The molecule has 0 aliphatic heterocycles. The zero-order chi connectivity index (χ0) is 9.52. The molecule has 0 saturated carbocycles. The fourth-order valence-corrected chi connectivity index (χ4v) is 1.16. The summed E-state index contributed by atoms with van der Waals surface area (Å²) in [5, 5.41) is 0. The number of hydrogen-bond donors (Lipinski definition) is 0. The Labute approximate surface area is 79.9 Å². The van der Waals surface area contributed by atoms with Crippen LogP contribution in [0.15, 0.2) is 24.5 Å². The summed E-state index contributed by atoms with van der Waals surface area (Å²) in [6.07, 6.45) is 4.17. The smallest absolute Gasteiger partial charge is 0.0589 e. The highest BCUT2D eigenvalue weighted by atomic mass is 16.5. The molecule has 74 valence electrons. The zero-order valence-electron chi connectivity index (χ0n) is 8.44. The maximum atomic E-state index is 5.00. The van der Waals surface area contributed by atoms with Crippen LogP contribution in [0.2, 0.25) is 0 Å². The van der Waals surface area contributed by atoms with Gasteiger partial charge in [-0.05, 0) is 19.2 Å². The van der Waals surface area contributed by atoms with Gasteiger partial charge < -0.3 is 14.2 Å². The van der Waals surface area contributed by atoms with Crippen LogP contribution in [0, 0.1) is 0 Å². The normalized spacial score (nSPS) is 11.0. The second-order valence-corrected chi connectivity index (χ2v) is 3.22. The summed E-state index contributed by atoms with van der Waals surface area (Å²) in [4.78, 5) is 2.27. The Kier molecular flexibility index (Phi) is 4.57. The van der Waals surface area contributed by atoms with Gasteiger partial charge in [-0.1, -0.05) is 0 Å². The maximum absolute atomic E-state index is 5.00. The minimum Gasteiger partial charge on any atom is -0.383 e. The molecule has 0 atom stereocenters. The molecule has 0 radical (unpaired) electrons. The molecule has 1 heterocycles. The molecule has 3 heteroatoms. The summed E-state index contributed by atoms with van der Waals surface area (Å²) < 4.78 is 7.18. The van der Waals surface area contributed by atoms with Gasteiger partial charge in [0.05, 0.1) is 6.61 Å². The van der Waals surface area contributed by atoms with E-state index < -0.39 is 0 Å². The van der Waals surface area contributed by atoms with Gasteiger partial charge in [-0.25, -0.2) is 0 Å². The summed E-state index contributed by atoms with van der Waals surface area (Å²) in [6.45, 7) is 3.92. The van der Waals surface area contributed by atoms with E-state index in [-0.39, 0.29) is 0 Å². The Hall–Kier alpha value is -0.800. The molecule has 0 saturated heterocycles. The highest BCUT2D eigenvalue weighted by Crippen LogP contribution is 1.91. The number of methoxy groups -OCH3 is 1. The fraction of sp³-hybridized carbons (Fsp3) is 0.600. The summed E-state index contributed by atoms with van der Waals surface area (Å²) >= 11 is 0. The second kappa shape index (κ2) is 5.78. The molecule has 0 N–H and O–H groups in total. The molecule has 0 aliphatic carbocycles. The zero-order valence-corrected chi connectivity index (χ0v) is 8.44. The van der Waals surface area contributed by atoms with Crippen LogP contribution in [0.5, 0.6) is 0 Å². The van der Waals surface area contributed by atoms with E-state index in [0.29, 0.717) is 0 Å². The molecule has 0 spiro atoms. The Morgan fingerprint density at radius 3 is 2.54 bits per heavy atom. The first-order valence-electron chi connectivity index (χ1n) is 4.61. The van der Waals surface area contributed by atoms with E-state index in [2.05, 4.69) is 41.0 Å². The quantitative estimate of drug-likeness (QED) is 0.654. The largest absolute Gasteiger partial charge is 0.383 e. The predicted octanol–water partition coefficient (Wildman–Crippen LogP) is 1.07. The topological polar surface area (TPSA) is 17.4 Å². The molecule has 3 nitrogen and oxygen atoms in total. The van der Waals surface area contributed by atoms with Crippen LogP contribution in [0.25, 0.3) is 0 Å². The van der Waals surface area contributed by atoms with Gasteiger partial charge in [-0.15, -0.1) is 0 Å². The third-order valence-electron chi connectivity index (χ3n) is 2.08. The average Bonchev–Trinajstić information content (AvgIpc) is 2.64. The molecule has 13 heavy (non-hydrogen) atoms. The van der Waals surface area contributed by atoms with Gasteiger partial charge in [0.15, 0.2) is 0 Å². The number of aromatic nitrogens is 1. The standard InChI is InChI=1S/C10H18N2O/c1-11(9-10-13-2)7-8-12-5-3-4-6-12/h3-6H,7-10H2,1-2H3. The highest BCUT2D eigenvalue weighted by molar-refractivity contribution is 4.90. The van der Waals surface area contributed by atoms with Crippen LogP contribution >= 0.6 is 0 Å². The van der Waals surface area contributed by atoms with E-state index in [9.17, 15) is 0 Å². The summed E-state index contributed by atoms with van der Waals surface area (Å²) in [5.41, 5.74) is 0. The molecule has 0 fully saturated rings.